The topological polar surface area (TPSA) is 77.5 Å². The maximum Gasteiger partial charge on any atom is 0.323 e. The number of aldehydes is 1. The molecule has 0 radical (unpaired) electrons. The van der Waals surface area contributed by atoms with Crippen molar-refractivity contribution in [3.8, 4) is 0 Å². The summed E-state index contributed by atoms with van der Waals surface area (Å²) in [6.07, 6.45) is 5.73. The van der Waals surface area contributed by atoms with Gasteiger partial charge in [0.1, 0.15) is 5.92 Å². The van der Waals surface area contributed by atoms with Gasteiger partial charge in [0, 0.05) is 5.92 Å². The number of esters is 1. The number of carbonyl (C=O) groups excluding carboxylic acids is 4. The van der Waals surface area contributed by atoms with E-state index in [0.29, 0.717) is 0 Å². The van der Waals surface area contributed by atoms with Crippen molar-refractivity contribution in [2.75, 3.05) is 0 Å². The zero-order chi connectivity index (χ0) is 13.7. The Labute approximate surface area is 104 Å². The number of hydrogen-bond donors (Lipinski definition) is 0. The van der Waals surface area contributed by atoms with Gasteiger partial charge in [0.25, 0.3) is 0 Å². The molecule has 0 aliphatic carbocycles. The van der Waals surface area contributed by atoms with Gasteiger partial charge in [-0.05, 0) is 13.0 Å². The van der Waals surface area contributed by atoms with Crippen molar-refractivity contribution < 1.29 is 23.9 Å². The summed E-state index contributed by atoms with van der Waals surface area (Å²) in [5, 5.41) is 0. The molecule has 2 atom stereocenters. The minimum atomic E-state index is -1.04. The number of rotatable bonds is 5. The fraction of sp³-hybridized carbons (Fsp3) is 0.231. The highest BCUT2D eigenvalue weighted by molar-refractivity contribution is 6.30. The lowest BCUT2D eigenvalue weighted by Gasteiger charge is -2.10. The fourth-order valence-electron chi connectivity index (χ4n) is 1.60. The highest BCUT2D eigenvalue weighted by Crippen LogP contribution is 2.28. The third-order valence-electron chi connectivity index (χ3n) is 2.43. The van der Waals surface area contributed by atoms with Gasteiger partial charge in [-0.3, -0.25) is 19.2 Å². The number of cyclic esters (lactones) is 1. The molecule has 18 heavy (non-hydrogen) atoms. The van der Waals surface area contributed by atoms with Gasteiger partial charge in [-0.15, -0.1) is 0 Å². The Balaban J connectivity index is 2.99. The third kappa shape index (κ3) is 2.88. The van der Waals surface area contributed by atoms with Crippen molar-refractivity contribution in [2.45, 2.75) is 6.92 Å². The molecule has 0 spiro atoms. The molecular formula is C13H12O5. The van der Waals surface area contributed by atoms with Gasteiger partial charge in [0.15, 0.2) is 12.0 Å². The van der Waals surface area contributed by atoms with Crippen LogP contribution in [0.4, 0.5) is 0 Å². The van der Waals surface area contributed by atoms with Gasteiger partial charge in [0.05, 0.1) is 0 Å². The van der Waals surface area contributed by atoms with Crippen LogP contribution in [0.2, 0.25) is 0 Å². The van der Waals surface area contributed by atoms with Crippen molar-refractivity contribution in [1.29, 1.82) is 0 Å². The molecule has 0 amide bonds. The van der Waals surface area contributed by atoms with Crippen molar-refractivity contribution >= 4 is 23.8 Å². The molecule has 0 bridgehead atoms. The van der Waals surface area contributed by atoms with Gasteiger partial charge in [-0.2, -0.15) is 0 Å². The summed E-state index contributed by atoms with van der Waals surface area (Å²) in [5.74, 6) is -3.80. The number of hydrogen-bond acceptors (Lipinski definition) is 5. The van der Waals surface area contributed by atoms with Crippen LogP contribution in [0, 0.1) is 11.8 Å². The van der Waals surface area contributed by atoms with Crippen LogP contribution < -0.4 is 0 Å². The molecule has 1 aliphatic heterocycles. The SMILES string of the molecule is C=C1OC(=O)C(C(C=CC)C=CC(=O)C=O)C1=O. The summed E-state index contributed by atoms with van der Waals surface area (Å²) in [6, 6.07) is 0. The molecule has 1 rings (SSSR count). The molecule has 2 unspecified atom stereocenters. The first kappa shape index (κ1) is 13.8. The van der Waals surface area contributed by atoms with E-state index in [1.54, 1.807) is 19.1 Å². The van der Waals surface area contributed by atoms with Crippen LogP contribution in [0.5, 0.6) is 0 Å². The highest BCUT2D eigenvalue weighted by Gasteiger charge is 2.42. The van der Waals surface area contributed by atoms with Crippen LogP contribution in [0.25, 0.3) is 0 Å². The monoisotopic (exact) mass is 248 g/mol. The second kappa shape index (κ2) is 5.86. The number of ketones is 2. The third-order valence-corrected chi connectivity index (χ3v) is 2.43. The van der Waals surface area contributed by atoms with Gasteiger partial charge < -0.3 is 4.74 Å². The molecule has 0 N–H and O–H groups in total. The molecule has 0 aromatic rings. The van der Waals surface area contributed by atoms with Gasteiger partial charge in [0.2, 0.25) is 11.6 Å². The van der Waals surface area contributed by atoms with Crippen LogP contribution in [0.15, 0.2) is 36.6 Å². The van der Waals surface area contributed by atoms with Crippen LogP contribution in [-0.4, -0.2) is 23.8 Å². The van der Waals surface area contributed by atoms with Crippen molar-refractivity contribution in [1.82, 2.24) is 0 Å². The van der Waals surface area contributed by atoms with Gasteiger partial charge >= 0.3 is 5.97 Å². The lowest BCUT2D eigenvalue weighted by atomic mass is 9.88. The maximum absolute atomic E-state index is 11.7. The largest absolute Gasteiger partial charge is 0.423 e. The Morgan fingerprint density at radius 3 is 2.50 bits per heavy atom. The molecule has 5 nitrogen and oxygen atoms in total. The summed E-state index contributed by atoms with van der Waals surface area (Å²) in [5.41, 5.74) is 0. The molecule has 0 aromatic carbocycles. The Kier molecular flexibility index (Phi) is 4.48. The Morgan fingerprint density at radius 2 is 2.06 bits per heavy atom. The van der Waals surface area contributed by atoms with Crippen molar-refractivity contribution in [2.24, 2.45) is 11.8 Å². The van der Waals surface area contributed by atoms with Crippen LogP contribution in [0.3, 0.4) is 0 Å². The predicted octanol–water partition coefficient (Wildman–Crippen LogP) is 0.759. The number of Topliss-reactive ketones (excluding diaryl/α,β-unsaturated/α-hetero) is 1. The molecule has 5 heteroatoms. The minimum absolute atomic E-state index is 0.150. The molecule has 0 aromatic heterocycles. The zero-order valence-electron chi connectivity index (χ0n) is 9.79. The molecule has 1 fully saturated rings. The van der Waals surface area contributed by atoms with E-state index in [-0.39, 0.29) is 12.0 Å². The lowest BCUT2D eigenvalue weighted by molar-refractivity contribution is -0.140. The summed E-state index contributed by atoms with van der Waals surface area (Å²) < 4.78 is 4.64. The predicted molar refractivity (Wildman–Crippen MR) is 62.2 cm³/mol. The Hall–Kier alpha value is -2.30. The summed E-state index contributed by atoms with van der Waals surface area (Å²) in [4.78, 5) is 44.2. The van der Waals surface area contributed by atoms with E-state index in [9.17, 15) is 19.2 Å². The van der Waals surface area contributed by atoms with Crippen LogP contribution in [-0.2, 0) is 23.9 Å². The Bertz CT molecular complexity index is 470. The smallest absolute Gasteiger partial charge is 0.323 e. The van der Waals surface area contributed by atoms with Crippen LogP contribution in [0.1, 0.15) is 6.92 Å². The van der Waals surface area contributed by atoms with E-state index < -0.39 is 29.4 Å². The van der Waals surface area contributed by atoms with E-state index in [0.717, 1.165) is 6.08 Å². The number of carbonyl (C=O) groups is 4. The first-order valence-electron chi connectivity index (χ1n) is 5.26. The summed E-state index contributed by atoms with van der Waals surface area (Å²) in [7, 11) is 0. The normalized spacial score (nSPS) is 21.6. The Morgan fingerprint density at radius 1 is 1.39 bits per heavy atom. The second-order valence-corrected chi connectivity index (χ2v) is 3.67. The van der Waals surface area contributed by atoms with E-state index in [1.807, 2.05) is 0 Å². The van der Waals surface area contributed by atoms with E-state index in [1.165, 1.54) is 6.08 Å². The molecule has 1 aliphatic rings. The van der Waals surface area contributed by atoms with Crippen molar-refractivity contribution in [3.63, 3.8) is 0 Å². The second-order valence-electron chi connectivity index (χ2n) is 3.67. The van der Waals surface area contributed by atoms with Crippen molar-refractivity contribution in [3.05, 3.63) is 36.6 Å². The summed E-state index contributed by atoms with van der Waals surface area (Å²) >= 11 is 0. The van der Waals surface area contributed by atoms with E-state index in [4.69, 9.17) is 0 Å². The lowest BCUT2D eigenvalue weighted by Crippen LogP contribution is -2.23. The number of ether oxygens (including phenoxy) is 1. The first-order valence-corrected chi connectivity index (χ1v) is 5.26. The molecule has 0 saturated carbocycles. The molecule has 94 valence electrons. The fourth-order valence-corrected chi connectivity index (χ4v) is 1.60. The zero-order valence-corrected chi connectivity index (χ0v) is 9.79. The average molecular weight is 248 g/mol. The number of allylic oxidation sites excluding steroid dienone is 5. The first-order chi connectivity index (χ1) is 8.51. The highest BCUT2D eigenvalue weighted by atomic mass is 16.5. The molecular weight excluding hydrogens is 236 g/mol. The summed E-state index contributed by atoms with van der Waals surface area (Å²) in [6.45, 7) is 5.04. The minimum Gasteiger partial charge on any atom is -0.423 e. The molecule has 1 heterocycles. The quantitative estimate of drug-likeness (QED) is 0.179. The van der Waals surface area contributed by atoms with E-state index in [2.05, 4.69) is 11.3 Å². The van der Waals surface area contributed by atoms with Gasteiger partial charge in [-0.25, -0.2) is 0 Å². The van der Waals surface area contributed by atoms with E-state index >= 15 is 0 Å². The van der Waals surface area contributed by atoms with Gasteiger partial charge in [-0.1, -0.05) is 24.8 Å². The molecule has 1 saturated heterocycles. The van der Waals surface area contributed by atoms with Crippen LogP contribution >= 0.6 is 0 Å². The average Bonchev–Trinajstić information content (AvgIpc) is 2.59. The maximum atomic E-state index is 11.7. The standard InChI is InChI=1S/C13H12O5/c1-3-4-9(5-6-10(15)7-14)11-12(16)8(2)18-13(11)17/h3-7,9,11H,2H2,1H3.